The van der Waals surface area contributed by atoms with Crippen molar-refractivity contribution >= 4 is 22.2 Å². The predicted molar refractivity (Wildman–Crippen MR) is 91.2 cm³/mol. The Hall–Kier alpha value is -1.73. The summed E-state index contributed by atoms with van der Waals surface area (Å²) in [5.74, 6) is 0.0221. The summed E-state index contributed by atoms with van der Waals surface area (Å²) >= 11 is 1.44. The molecule has 1 amide bonds. The molecule has 2 aromatic heterocycles. The van der Waals surface area contributed by atoms with Gasteiger partial charge in [-0.3, -0.25) is 14.0 Å². The highest BCUT2D eigenvalue weighted by atomic mass is 32.1. The highest BCUT2D eigenvalue weighted by Gasteiger charge is 2.17. The Bertz CT molecular complexity index is 761. The molecule has 3 heterocycles. The Morgan fingerprint density at radius 1 is 1.43 bits per heavy atom. The second-order valence-electron chi connectivity index (χ2n) is 6.29. The van der Waals surface area contributed by atoms with Crippen molar-refractivity contribution in [3.05, 3.63) is 33.2 Å². The molecule has 1 atom stereocenters. The monoisotopic (exact) mass is 334 g/mol. The third kappa shape index (κ3) is 3.61. The first kappa shape index (κ1) is 16.1. The number of nitrogens with one attached hydrogen (secondary N) is 1. The largest absolute Gasteiger partial charge is 0.351 e. The quantitative estimate of drug-likeness (QED) is 0.900. The SMILES string of the molecule is Cc1cn2c(=O)c(C(=O)NCC(C)CN3CCCC3)cnc2s1. The Balaban J connectivity index is 1.63. The fraction of sp³-hybridized carbons (Fsp3) is 0.562. The summed E-state index contributed by atoms with van der Waals surface area (Å²) in [6, 6.07) is 0. The van der Waals surface area contributed by atoms with E-state index in [1.807, 2.05) is 6.92 Å². The van der Waals surface area contributed by atoms with Gasteiger partial charge in [-0.1, -0.05) is 6.92 Å². The number of nitrogens with zero attached hydrogens (tertiary/aromatic N) is 3. The van der Waals surface area contributed by atoms with Crippen molar-refractivity contribution in [2.75, 3.05) is 26.2 Å². The van der Waals surface area contributed by atoms with E-state index in [1.165, 1.54) is 34.8 Å². The van der Waals surface area contributed by atoms with Gasteiger partial charge in [0.15, 0.2) is 4.96 Å². The van der Waals surface area contributed by atoms with Crippen LogP contribution in [-0.4, -0.2) is 46.4 Å². The fourth-order valence-corrected chi connectivity index (χ4v) is 3.77. The minimum Gasteiger partial charge on any atom is -0.351 e. The number of carbonyl (C=O) groups is 1. The summed E-state index contributed by atoms with van der Waals surface area (Å²) in [6.07, 6.45) is 5.64. The molecule has 1 unspecified atom stereocenters. The van der Waals surface area contributed by atoms with Gasteiger partial charge >= 0.3 is 0 Å². The lowest BCUT2D eigenvalue weighted by Crippen LogP contribution is -2.37. The number of thiazole rings is 1. The number of rotatable bonds is 5. The van der Waals surface area contributed by atoms with Crippen LogP contribution < -0.4 is 10.9 Å². The third-order valence-electron chi connectivity index (χ3n) is 4.15. The van der Waals surface area contributed by atoms with E-state index in [1.54, 1.807) is 6.20 Å². The summed E-state index contributed by atoms with van der Waals surface area (Å²) in [5.41, 5.74) is -0.197. The molecule has 0 aromatic carbocycles. The Morgan fingerprint density at radius 3 is 2.91 bits per heavy atom. The molecule has 3 rings (SSSR count). The van der Waals surface area contributed by atoms with Crippen LogP contribution in [0.15, 0.2) is 17.2 Å². The van der Waals surface area contributed by atoms with E-state index in [2.05, 4.69) is 22.1 Å². The first-order valence-electron chi connectivity index (χ1n) is 8.03. The topological polar surface area (TPSA) is 66.7 Å². The van der Waals surface area contributed by atoms with Gasteiger partial charge in [-0.15, -0.1) is 11.3 Å². The molecule has 0 aliphatic carbocycles. The lowest BCUT2D eigenvalue weighted by molar-refractivity contribution is 0.0943. The van der Waals surface area contributed by atoms with Gasteiger partial charge in [0.2, 0.25) is 0 Å². The van der Waals surface area contributed by atoms with Crippen LogP contribution in [0.2, 0.25) is 0 Å². The molecular formula is C16H22N4O2S. The van der Waals surface area contributed by atoms with Gasteiger partial charge < -0.3 is 10.2 Å². The summed E-state index contributed by atoms with van der Waals surface area (Å²) in [7, 11) is 0. The molecule has 1 fully saturated rings. The van der Waals surface area contributed by atoms with Crippen molar-refractivity contribution in [1.82, 2.24) is 19.6 Å². The number of amides is 1. The molecule has 6 nitrogen and oxygen atoms in total. The zero-order valence-electron chi connectivity index (χ0n) is 13.5. The summed E-state index contributed by atoms with van der Waals surface area (Å²) in [6.45, 7) is 7.89. The Labute approximate surface area is 139 Å². The minimum absolute atomic E-state index is 0.105. The summed E-state index contributed by atoms with van der Waals surface area (Å²) in [4.78, 5) is 32.9. The van der Waals surface area contributed by atoms with Crippen LogP contribution in [0.5, 0.6) is 0 Å². The lowest BCUT2D eigenvalue weighted by atomic mass is 10.1. The first-order valence-corrected chi connectivity index (χ1v) is 8.84. The van der Waals surface area contributed by atoms with Crippen molar-refractivity contribution in [2.24, 2.45) is 5.92 Å². The van der Waals surface area contributed by atoms with Crippen LogP contribution in [0.3, 0.4) is 0 Å². The van der Waals surface area contributed by atoms with E-state index < -0.39 is 0 Å². The maximum atomic E-state index is 12.4. The Kier molecular flexibility index (Phi) is 4.77. The molecule has 0 radical (unpaired) electrons. The maximum absolute atomic E-state index is 12.4. The predicted octanol–water partition coefficient (Wildman–Crippen LogP) is 1.53. The molecule has 124 valence electrons. The molecule has 2 aromatic rings. The molecular weight excluding hydrogens is 312 g/mol. The van der Waals surface area contributed by atoms with Gasteiger partial charge in [0.25, 0.3) is 11.5 Å². The van der Waals surface area contributed by atoms with Crippen LogP contribution in [0, 0.1) is 12.8 Å². The van der Waals surface area contributed by atoms with Crippen LogP contribution in [0.1, 0.15) is 35.0 Å². The van der Waals surface area contributed by atoms with Gasteiger partial charge in [-0.05, 0) is 38.8 Å². The molecule has 1 N–H and O–H groups in total. The maximum Gasteiger partial charge on any atom is 0.271 e. The summed E-state index contributed by atoms with van der Waals surface area (Å²) < 4.78 is 1.45. The molecule has 0 bridgehead atoms. The molecule has 1 aliphatic rings. The van der Waals surface area contributed by atoms with Crippen LogP contribution in [0.4, 0.5) is 0 Å². The number of hydrogen-bond acceptors (Lipinski definition) is 5. The molecule has 7 heteroatoms. The minimum atomic E-state index is -0.339. The van der Waals surface area contributed by atoms with Crippen molar-refractivity contribution in [3.63, 3.8) is 0 Å². The number of likely N-dealkylation sites (tertiary alicyclic amines) is 1. The number of carbonyl (C=O) groups excluding carboxylic acids is 1. The van der Waals surface area contributed by atoms with E-state index in [9.17, 15) is 9.59 Å². The second-order valence-corrected chi connectivity index (χ2v) is 7.51. The van der Waals surface area contributed by atoms with Crippen molar-refractivity contribution in [2.45, 2.75) is 26.7 Å². The standard InChI is InChI=1S/C16H22N4O2S/c1-11(9-19-5-3-4-6-19)7-17-14(21)13-8-18-16-20(15(13)22)10-12(2)23-16/h8,10-11H,3-7,9H2,1-2H3,(H,17,21). The van der Waals surface area contributed by atoms with Gasteiger partial charge in [0.05, 0.1) is 0 Å². The molecule has 1 aliphatic heterocycles. The first-order chi connectivity index (χ1) is 11.0. The zero-order valence-corrected chi connectivity index (χ0v) is 14.4. The van der Waals surface area contributed by atoms with Gasteiger partial charge in [0.1, 0.15) is 5.56 Å². The number of aryl methyl sites for hydroxylation is 1. The number of fused-ring (bicyclic) bond motifs is 1. The van der Waals surface area contributed by atoms with E-state index in [0.717, 1.165) is 24.5 Å². The average molecular weight is 334 g/mol. The third-order valence-corrected chi connectivity index (χ3v) is 5.06. The number of hydrogen-bond donors (Lipinski definition) is 1. The van der Waals surface area contributed by atoms with Gasteiger partial charge in [-0.2, -0.15) is 0 Å². The zero-order chi connectivity index (χ0) is 16.4. The van der Waals surface area contributed by atoms with Gasteiger partial charge in [0, 0.05) is 30.4 Å². The molecule has 1 saturated heterocycles. The molecule has 23 heavy (non-hydrogen) atoms. The van der Waals surface area contributed by atoms with Crippen LogP contribution in [-0.2, 0) is 0 Å². The van der Waals surface area contributed by atoms with E-state index in [4.69, 9.17) is 0 Å². The second kappa shape index (κ2) is 6.80. The van der Waals surface area contributed by atoms with Gasteiger partial charge in [-0.25, -0.2) is 4.98 Å². The highest BCUT2D eigenvalue weighted by molar-refractivity contribution is 7.16. The molecule has 0 saturated carbocycles. The van der Waals surface area contributed by atoms with Crippen molar-refractivity contribution < 1.29 is 4.79 Å². The molecule has 0 spiro atoms. The smallest absolute Gasteiger partial charge is 0.271 e. The summed E-state index contributed by atoms with van der Waals surface area (Å²) in [5, 5.41) is 2.87. The van der Waals surface area contributed by atoms with E-state index >= 15 is 0 Å². The fourth-order valence-electron chi connectivity index (χ4n) is 2.98. The number of aromatic nitrogens is 2. The Morgan fingerprint density at radius 2 is 2.17 bits per heavy atom. The lowest BCUT2D eigenvalue weighted by Gasteiger charge is -2.20. The average Bonchev–Trinajstić information content (AvgIpc) is 3.14. The highest BCUT2D eigenvalue weighted by Crippen LogP contribution is 2.13. The van der Waals surface area contributed by atoms with Crippen LogP contribution in [0.25, 0.3) is 4.96 Å². The van der Waals surface area contributed by atoms with E-state index in [-0.39, 0.29) is 17.0 Å². The normalized spacial score (nSPS) is 16.8. The van der Waals surface area contributed by atoms with Crippen molar-refractivity contribution in [1.29, 1.82) is 0 Å². The van der Waals surface area contributed by atoms with E-state index in [0.29, 0.717) is 17.4 Å². The van der Waals surface area contributed by atoms with Crippen molar-refractivity contribution in [3.8, 4) is 0 Å². The van der Waals surface area contributed by atoms with Crippen LogP contribution >= 0.6 is 11.3 Å².